The molecule has 2 N–H and O–H groups in total. The number of carboxylic acids is 1. The molecule has 0 fully saturated rings. The number of hydrogen-bond acceptors (Lipinski definition) is 6. The van der Waals surface area contributed by atoms with Gasteiger partial charge in [0, 0.05) is 5.69 Å². The summed E-state index contributed by atoms with van der Waals surface area (Å²) in [5, 5.41) is 20.3. The first-order valence-corrected chi connectivity index (χ1v) is 10.9. The Morgan fingerprint density at radius 2 is 1.64 bits per heavy atom. The van der Waals surface area contributed by atoms with Crippen LogP contribution in [-0.2, 0) is 9.59 Å². The summed E-state index contributed by atoms with van der Waals surface area (Å²) in [5.74, 6) is -2.48. The molecule has 0 radical (unpaired) electrons. The van der Waals surface area contributed by atoms with Gasteiger partial charge in [0.1, 0.15) is 0 Å². The maximum atomic E-state index is 13.4. The van der Waals surface area contributed by atoms with Crippen LogP contribution in [0.4, 0.5) is 5.69 Å². The third-order valence-electron chi connectivity index (χ3n) is 5.79. The number of rotatable bonds is 8. The van der Waals surface area contributed by atoms with Crippen LogP contribution in [0.2, 0.25) is 0 Å². The predicted octanol–water partition coefficient (Wildman–Crippen LogP) is 4.58. The van der Waals surface area contributed by atoms with Gasteiger partial charge in [-0.05, 0) is 47.5 Å². The summed E-state index contributed by atoms with van der Waals surface area (Å²) >= 11 is 0. The SMILES string of the molecule is COc1ccc([C@H]2C(C(=O)/C=C/c3ccccc3)=C(O)C(=O)N2c2cccc(C(=O)O)c2)cc1OC. The molecule has 8 heteroatoms. The van der Waals surface area contributed by atoms with Gasteiger partial charge in [-0.3, -0.25) is 14.5 Å². The van der Waals surface area contributed by atoms with Crippen molar-refractivity contribution in [3.8, 4) is 11.5 Å². The van der Waals surface area contributed by atoms with Crippen LogP contribution in [0, 0.1) is 0 Å². The number of allylic oxidation sites excluding steroid dienone is 1. The summed E-state index contributed by atoms with van der Waals surface area (Å²) in [4.78, 5) is 39.4. The van der Waals surface area contributed by atoms with Crippen molar-refractivity contribution in [3.05, 3.63) is 107 Å². The number of ketones is 1. The molecular weight excluding hydrogens is 462 g/mol. The van der Waals surface area contributed by atoms with E-state index in [1.165, 1.54) is 43.4 Å². The number of aromatic carboxylic acids is 1. The molecular formula is C28H23NO7. The van der Waals surface area contributed by atoms with E-state index in [2.05, 4.69) is 0 Å². The van der Waals surface area contributed by atoms with Crippen LogP contribution in [0.1, 0.15) is 27.5 Å². The number of carbonyl (C=O) groups is 3. The van der Waals surface area contributed by atoms with Crippen LogP contribution in [0.3, 0.4) is 0 Å². The van der Waals surface area contributed by atoms with Crippen LogP contribution in [0.5, 0.6) is 11.5 Å². The minimum atomic E-state index is -1.18. The molecule has 0 saturated carbocycles. The van der Waals surface area contributed by atoms with E-state index < -0.39 is 29.5 Å². The highest BCUT2D eigenvalue weighted by Crippen LogP contribution is 2.43. The molecule has 182 valence electrons. The zero-order valence-electron chi connectivity index (χ0n) is 19.5. The zero-order valence-corrected chi connectivity index (χ0v) is 19.5. The normalized spacial score (nSPS) is 15.4. The lowest BCUT2D eigenvalue weighted by Crippen LogP contribution is -2.31. The van der Waals surface area contributed by atoms with Gasteiger partial charge in [-0.15, -0.1) is 0 Å². The number of carbonyl (C=O) groups excluding carboxylic acids is 2. The summed E-state index contributed by atoms with van der Waals surface area (Å²) < 4.78 is 10.7. The third kappa shape index (κ3) is 4.56. The maximum absolute atomic E-state index is 13.4. The van der Waals surface area contributed by atoms with Gasteiger partial charge >= 0.3 is 5.97 Å². The lowest BCUT2D eigenvalue weighted by atomic mass is 9.94. The molecule has 0 aromatic heterocycles. The van der Waals surface area contributed by atoms with Crippen LogP contribution >= 0.6 is 0 Å². The smallest absolute Gasteiger partial charge is 0.335 e. The van der Waals surface area contributed by atoms with Crippen molar-refractivity contribution in [1.82, 2.24) is 0 Å². The number of amides is 1. The van der Waals surface area contributed by atoms with Gasteiger partial charge < -0.3 is 19.7 Å². The van der Waals surface area contributed by atoms with E-state index in [4.69, 9.17) is 9.47 Å². The highest BCUT2D eigenvalue weighted by Gasteiger charge is 2.44. The van der Waals surface area contributed by atoms with Crippen LogP contribution < -0.4 is 14.4 Å². The fourth-order valence-electron chi connectivity index (χ4n) is 4.08. The number of aliphatic hydroxyl groups is 1. The number of carboxylic acid groups (broad SMARTS) is 1. The van der Waals surface area contributed by atoms with Gasteiger partial charge in [0.15, 0.2) is 23.0 Å². The second-order valence-corrected chi connectivity index (χ2v) is 7.92. The summed E-state index contributed by atoms with van der Waals surface area (Å²) in [7, 11) is 2.94. The second-order valence-electron chi connectivity index (χ2n) is 7.92. The second kappa shape index (κ2) is 10.2. The van der Waals surface area contributed by atoms with Crippen molar-refractivity contribution < 1.29 is 34.1 Å². The molecule has 4 rings (SSSR count). The molecule has 36 heavy (non-hydrogen) atoms. The number of hydrogen-bond donors (Lipinski definition) is 2. The molecule has 1 amide bonds. The minimum Gasteiger partial charge on any atom is -0.503 e. The average Bonchev–Trinajstić information content (AvgIpc) is 3.17. The first-order chi connectivity index (χ1) is 17.3. The summed E-state index contributed by atoms with van der Waals surface area (Å²) in [6.45, 7) is 0. The summed E-state index contributed by atoms with van der Waals surface area (Å²) in [6, 6.07) is 18.7. The topological polar surface area (TPSA) is 113 Å². The quantitative estimate of drug-likeness (QED) is 0.449. The molecule has 1 atom stereocenters. The van der Waals surface area contributed by atoms with Gasteiger partial charge in [-0.2, -0.15) is 0 Å². The van der Waals surface area contributed by atoms with E-state index in [1.807, 2.05) is 30.3 Å². The Labute approximate surface area is 207 Å². The molecule has 0 aliphatic carbocycles. The molecule has 3 aromatic carbocycles. The van der Waals surface area contributed by atoms with E-state index in [-0.39, 0.29) is 16.8 Å². The van der Waals surface area contributed by atoms with E-state index in [0.29, 0.717) is 17.1 Å². The maximum Gasteiger partial charge on any atom is 0.335 e. The molecule has 0 saturated heterocycles. The van der Waals surface area contributed by atoms with E-state index >= 15 is 0 Å². The molecule has 0 bridgehead atoms. The zero-order chi connectivity index (χ0) is 25.8. The van der Waals surface area contributed by atoms with Gasteiger partial charge in [-0.25, -0.2) is 4.79 Å². The first-order valence-electron chi connectivity index (χ1n) is 10.9. The molecule has 8 nitrogen and oxygen atoms in total. The number of aliphatic hydroxyl groups excluding tert-OH is 1. The highest BCUT2D eigenvalue weighted by atomic mass is 16.5. The van der Waals surface area contributed by atoms with E-state index in [9.17, 15) is 24.6 Å². The number of ether oxygens (including phenoxy) is 2. The van der Waals surface area contributed by atoms with Gasteiger partial charge in [0.2, 0.25) is 0 Å². The average molecular weight is 485 g/mol. The van der Waals surface area contributed by atoms with Crippen LogP contribution in [-0.4, -0.2) is 42.1 Å². The largest absolute Gasteiger partial charge is 0.503 e. The summed E-state index contributed by atoms with van der Waals surface area (Å²) in [6.07, 6.45) is 2.88. The molecule has 1 heterocycles. The Balaban J connectivity index is 1.85. The number of methoxy groups -OCH3 is 2. The summed E-state index contributed by atoms with van der Waals surface area (Å²) in [5.41, 5.74) is 1.25. The van der Waals surface area contributed by atoms with Crippen molar-refractivity contribution in [3.63, 3.8) is 0 Å². The first kappa shape index (κ1) is 24.3. The molecule has 0 spiro atoms. The molecule has 0 unspecified atom stereocenters. The monoisotopic (exact) mass is 485 g/mol. The van der Waals surface area contributed by atoms with Crippen molar-refractivity contribution >= 4 is 29.4 Å². The van der Waals surface area contributed by atoms with Crippen molar-refractivity contribution in [1.29, 1.82) is 0 Å². The molecule has 1 aliphatic rings. The van der Waals surface area contributed by atoms with Gasteiger partial charge in [0.25, 0.3) is 5.91 Å². The fourth-order valence-corrected chi connectivity index (χ4v) is 4.08. The Morgan fingerprint density at radius 1 is 0.917 bits per heavy atom. The highest BCUT2D eigenvalue weighted by molar-refractivity contribution is 6.20. The standard InChI is InChI=1S/C28H23NO7/c1-35-22-14-12-18(16-23(22)36-2)25-24(21(30)13-11-17-7-4-3-5-8-17)26(31)27(32)29(25)20-10-6-9-19(15-20)28(33)34/h3-16,25,31H,1-2H3,(H,33,34)/b13-11+/t25-/m0/s1. The Morgan fingerprint density at radius 3 is 2.31 bits per heavy atom. The lowest BCUT2D eigenvalue weighted by Gasteiger charge is -2.27. The predicted molar refractivity (Wildman–Crippen MR) is 133 cm³/mol. The lowest BCUT2D eigenvalue weighted by molar-refractivity contribution is -0.117. The van der Waals surface area contributed by atoms with Crippen molar-refractivity contribution in [2.45, 2.75) is 6.04 Å². The Bertz CT molecular complexity index is 1390. The van der Waals surface area contributed by atoms with Crippen molar-refractivity contribution in [2.75, 3.05) is 19.1 Å². The van der Waals surface area contributed by atoms with E-state index in [1.54, 1.807) is 30.3 Å². The fraction of sp³-hybridized carbons (Fsp3) is 0.107. The van der Waals surface area contributed by atoms with Crippen molar-refractivity contribution in [2.24, 2.45) is 0 Å². The number of benzene rings is 3. The van der Waals surface area contributed by atoms with Crippen LogP contribution in [0.25, 0.3) is 6.08 Å². The molecule has 1 aliphatic heterocycles. The van der Waals surface area contributed by atoms with Gasteiger partial charge in [0.05, 0.1) is 31.4 Å². The van der Waals surface area contributed by atoms with Crippen LogP contribution in [0.15, 0.2) is 90.2 Å². The minimum absolute atomic E-state index is 0.0467. The number of anilines is 1. The van der Waals surface area contributed by atoms with Gasteiger partial charge in [-0.1, -0.05) is 48.5 Å². The Hall–Kier alpha value is -4.85. The van der Waals surface area contributed by atoms with E-state index in [0.717, 1.165) is 5.56 Å². The third-order valence-corrected chi connectivity index (χ3v) is 5.79. The molecule has 3 aromatic rings. The Kier molecular flexibility index (Phi) is 6.87. The number of nitrogens with zero attached hydrogens (tertiary/aromatic N) is 1.